The highest BCUT2D eigenvalue weighted by Crippen LogP contribution is 2.21. The van der Waals surface area contributed by atoms with Crippen molar-refractivity contribution in [2.75, 3.05) is 20.8 Å². The predicted molar refractivity (Wildman–Crippen MR) is 86.0 cm³/mol. The highest BCUT2D eigenvalue weighted by molar-refractivity contribution is 5.71. The van der Waals surface area contributed by atoms with Gasteiger partial charge in [0.1, 0.15) is 5.76 Å². The van der Waals surface area contributed by atoms with Crippen molar-refractivity contribution in [3.8, 4) is 0 Å². The zero-order valence-electron chi connectivity index (χ0n) is 13.6. The van der Waals surface area contributed by atoms with Crippen LogP contribution in [0.1, 0.15) is 30.4 Å². The molecule has 0 fully saturated rings. The molecule has 0 saturated heterocycles. The van der Waals surface area contributed by atoms with E-state index in [1.54, 1.807) is 26.3 Å². The van der Waals surface area contributed by atoms with Crippen LogP contribution in [0.2, 0.25) is 0 Å². The summed E-state index contributed by atoms with van der Waals surface area (Å²) in [6.45, 7) is 8.09. The van der Waals surface area contributed by atoms with Gasteiger partial charge in [0.25, 0.3) is 0 Å². The SMILES string of the molecule is C=C(/C=C(F)\C(=C/C)OC)c1ncc(CCCOC)nc1C. The van der Waals surface area contributed by atoms with Crippen LogP contribution < -0.4 is 0 Å². The molecule has 0 aliphatic heterocycles. The zero-order chi connectivity index (χ0) is 16.5. The minimum absolute atomic E-state index is 0.169. The van der Waals surface area contributed by atoms with Crippen molar-refractivity contribution in [2.45, 2.75) is 26.7 Å². The summed E-state index contributed by atoms with van der Waals surface area (Å²) < 4.78 is 23.9. The third-order valence-electron chi connectivity index (χ3n) is 3.10. The summed E-state index contributed by atoms with van der Waals surface area (Å²) in [5.74, 6) is -0.316. The number of aryl methyl sites for hydroxylation is 2. The fourth-order valence-corrected chi connectivity index (χ4v) is 2.01. The number of allylic oxidation sites excluding steroid dienone is 4. The topological polar surface area (TPSA) is 44.2 Å². The normalized spacial score (nSPS) is 12.4. The highest BCUT2D eigenvalue weighted by atomic mass is 19.1. The van der Waals surface area contributed by atoms with Crippen LogP contribution in [-0.4, -0.2) is 30.8 Å². The van der Waals surface area contributed by atoms with Gasteiger partial charge in [-0.15, -0.1) is 0 Å². The van der Waals surface area contributed by atoms with Gasteiger partial charge in [0.05, 0.1) is 24.2 Å². The molecule has 0 atom stereocenters. The first-order chi connectivity index (χ1) is 10.5. The van der Waals surface area contributed by atoms with Crippen LogP contribution in [-0.2, 0) is 15.9 Å². The number of ether oxygens (including phenoxy) is 2. The standard InChI is InChI=1S/C17H23FN2O2/c1-6-16(22-5)15(18)10-12(2)17-13(3)20-14(11-19-17)8-7-9-21-4/h6,10-11H,2,7-9H2,1,3-5H3/b15-10+,16-6+. The number of halogens is 1. The lowest BCUT2D eigenvalue weighted by Crippen LogP contribution is -2.02. The van der Waals surface area contributed by atoms with E-state index in [1.165, 1.54) is 13.2 Å². The average molecular weight is 306 g/mol. The number of rotatable bonds is 8. The Bertz CT molecular complexity index is 580. The molecule has 0 spiro atoms. The largest absolute Gasteiger partial charge is 0.494 e. The first-order valence-corrected chi connectivity index (χ1v) is 7.12. The number of methoxy groups -OCH3 is 2. The lowest BCUT2D eigenvalue weighted by molar-refractivity contribution is 0.195. The van der Waals surface area contributed by atoms with Gasteiger partial charge < -0.3 is 9.47 Å². The van der Waals surface area contributed by atoms with Gasteiger partial charge in [0.15, 0.2) is 5.83 Å². The number of hydrogen-bond donors (Lipinski definition) is 0. The maximum absolute atomic E-state index is 14.0. The second-order valence-electron chi connectivity index (χ2n) is 4.77. The number of aromatic nitrogens is 2. The van der Waals surface area contributed by atoms with Gasteiger partial charge in [0, 0.05) is 19.9 Å². The molecule has 0 aliphatic rings. The quantitative estimate of drug-likeness (QED) is 0.416. The monoisotopic (exact) mass is 306 g/mol. The van der Waals surface area contributed by atoms with Gasteiger partial charge >= 0.3 is 0 Å². The zero-order valence-corrected chi connectivity index (χ0v) is 13.6. The Labute approximate surface area is 131 Å². The lowest BCUT2D eigenvalue weighted by Gasteiger charge is -2.08. The molecule has 22 heavy (non-hydrogen) atoms. The van der Waals surface area contributed by atoms with Crippen LogP contribution in [0, 0.1) is 6.92 Å². The predicted octanol–water partition coefficient (Wildman–Crippen LogP) is 3.78. The second-order valence-corrected chi connectivity index (χ2v) is 4.77. The summed E-state index contributed by atoms with van der Waals surface area (Å²) in [4.78, 5) is 8.83. The molecule has 0 unspecified atom stereocenters. The van der Waals surface area contributed by atoms with E-state index in [-0.39, 0.29) is 5.76 Å². The minimum Gasteiger partial charge on any atom is -0.494 e. The second kappa shape index (κ2) is 9.10. The van der Waals surface area contributed by atoms with Crippen LogP contribution in [0.15, 0.2) is 36.5 Å². The van der Waals surface area contributed by atoms with E-state index >= 15 is 0 Å². The van der Waals surface area contributed by atoms with E-state index in [2.05, 4.69) is 16.5 Å². The van der Waals surface area contributed by atoms with Crippen molar-refractivity contribution in [3.05, 3.63) is 53.6 Å². The van der Waals surface area contributed by atoms with Crippen molar-refractivity contribution in [1.82, 2.24) is 9.97 Å². The lowest BCUT2D eigenvalue weighted by atomic mass is 10.1. The average Bonchev–Trinajstić information content (AvgIpc) is 2.48. The molecule has 0 radical (unpaired) electrons. The van der Waals surface area contributed by atoms with Gasteiger partial charge in [0.2, 0.25) is 0 Å². The smallest absolute Gasteiger partial charge is 0.165 e. The van der Waals surface area contributed by atoms with Crippen molar-refractivity contribution in [2.24, 2.45) is 0 Å². The Morgan fingerprint density at radius 3 is 2.68 bits per heavy atom. The first-order valence-electron chi connectivity index (χ1n) is 7.12. The molecule has 5 heteroatoms. The van der Waals surface area contributed by atoms with Gasteiger partial charge in [-0.2, -0.15) is 0 Å². The third kappa shape index (κ3) is 5.07. The van der Waals surface area contributed by atoms with Crippen LogP contribution >= 0.6 is 0 Å². The number of hydrogen-bond acceptors (Lipinski definition) is 4. The third-order valence-corrected chi connectivity index (χ3v) is 3.10. The molecule has 0 aromatic carbocycles. The van der Waals surface area contributed by atoms with Gasteiger partial charge in [-0.05, 0) is 44.4 Å². The van der Waals surface area contributed by atoms with Gasteiger partial charge in [-0.3, -0.25) is 9.97 Å². The van der Waals surface area contributed by atoms with Gasteiger partial charge in [-0.25, -0.2) is 4.39 Å². The van der Waals surface area contributed by atoms with Gasteiger partial charge in [-0.1, -0.05) is 6.58 Å². The Kier molecular flexibility index (Phi) is 7.46. The Hall–Kier alpha value is -2.01. The molecule has 1 aromatic heterocycles. The summed E-state index contributed by atoms with van der Waals surface area (Å²) >= 11 is 0. The molecule has 0 N–H and O–H groups in total. The summed E-state index contributed by atoms with van der Waals surface area (Å²) in [6, 6.07) is 0. The Morgan fingerprint density at radius 1 is 1.41 bits per heavy atom. The van der Waals surface area contributed by atoms with Crippen LogP contribution in [0.25, 0.3) is 5.57 Å². The molecular formula is C17H23FN2O2. The molecule has 1 rings (SSSR count). The number of nitrogens with zero attached hydrogens (tertiary/aromatic N) is 2. The van der Waals surface area contributed by atoms with E-state index in [0.717, 1.165) is 24.2 Å². The molecule has 0 aliphatic carbocycles. The first kappa shape index (κ1) is 18.0. The molecule has 120 valence electrons. The minimum atomic E-state index is -0.486. The van der Waals surface area contributed by atoms with E-state index in [1.807, 2.05) is 6.92 Å². The van der Waals surface area contributed by atoms with E-state index in [9.17, 15) is 4.39 Å². The van der Waals surface area contributed by atoms with E-state index < -0.39 is 5.83 Å². The molecule has 1 heterocycles. The fraction of sp³-hybridized carbons (Fsp3) is 0.412. The summed E-state index contributed by atoms with van der Waals surface area (Å²) in [7, 11) is 3.09. The molecule has 0 saturated carbocycles. The van der Waals surface area contributed by atoms with Crippen molar-refractivity contribution < 1.29 is 13.9 Å². The maximum Gasteiger partial charge on any atom is 0.165 e. The molecule has 1 aromatic rings. The molecule has 0 amide bonds. The highest BCUT2D eigenvalue weighted by Gasteiger charge is 2.09. The van der Waals surface area contributed by atoms with Crippen LogP contribution in [0.5, 0.6) is 0 Å². The van der Waals surface area contributed by atoms with Crippen LogP contribution in [0.3, 0.4) is 0 Å². The van der Waals surface area contributed by atoms with Crippen molar-refractivity contribution in [1.29, 1.82) is 0 Å². The Balaban J connectivity index is 2.89. The van der Waals surface area contributed by atoms with Crippen LogP contribution in [0.4, 0.5) is 4.39 Å². The summed E-state index contributed by atoms with van der Waals surface area (Å²) in [6.07, 6.45) is 6.24. The molecule has 0 bridgehead atoms. The van der Waals surface area contributed by atoms with E-state index in [0.29, 0.717) is 17.9 Å². The molecular weight excluding hydrogens is 283 g/mol. The fourth-order valence-electron chi connectivity index (χ4n) is 2.01. The summed E-state index contributed by atoms with van der Waals surface area (Å²) in [5, 5.41) is 0. The van der Waals surface area contributed by atoms with E-state index in [4.69, 9.17) is 9.47 Å². The summed E-state index contributed by atoms with van der Waals surface area (Å²) in [5.41, 5.74) is 2.66. The van der Waals surface area contributed by atoms with Crippen molar-refractivity contribution >= 4 is 5.57 Å². The molecule has 4 nitrogen and oxygen atoms in total. The Morgan fingerprint density at radius 2 is 2.14 bits per heavy atom. The van der Waals surface area contributed by atoms with Crippen molar-refractivity contribution in [3.63, 3.8) is 0 Å². The maximum atomic E-state index is 14.0.